The summed E-state index contributed by atoms with van der Waals surface area (Å²) in [5.41, 5.74) is 1.32. The molecule has 0 bridgehead atoms. The van der Waals surface area contributed by atoms with E-state index in [-0.39, 0.29) is 0 Å². The maximum absolute atomic E-state index is 5.45. The topological polar surface area (TPSA) is 34.4 Å². The molecule has 96 valence electrons. The van der Waals surface area contributed by atoms with E-state index in [9.17, 15) is 0 Å². The highest BCUT2D eigenvalue weighted by atomic mass is 16.5. The lowest BCUT2D eigenvalue weighted by atomic mass is 9.87. The molecule has 1 N–H and O–H groups in total. The Morgan fingerprint density at radius 3 is 2.76 bits per heavy atom. The van der Waals surface area contributed by atoms with Gasteiger partial charge >= 0.3 is 0 Å². The summed E-state index contributed by atoms with van der Waals surface area (Å²) in [6.45, 7) is 7.11. The van der Waals surface area contributed by atoms with Crippen molar-refractivity contribution in [3.8, 4) is 0 Å². The number of furan rings is 1. The summed E-state index contributed by atoms with van der Waals surface area (Å²) >= 11 is 0. The minimum absolute atomic E-state index is 0.428. The molecule has 0 spiro atoms. The molecule has 2 heterocycles. The van der Waals surface area contributed by atoms with E-state index in [2.05, 4.69) is 25.2 Å². The average molecular weight is 237 g/mol. The van der Waals surface area contributed by atoms with E-state index < -0.39 is 0 Å². The minimum Gasteiger partial charge on any atom is -0.469 e. The SMILES string of the molecule is CCCNC(c1ccoc1C)C1CCOCC1. The van der Waals surface area contributed by atoms with Crippen molar-refractivity contribution in [1.29, 1.82) is 0 Å². The molecule has 0 aliphatic carbocycles. The quantitative estimate of drug-likeness (QED) is 0.854. The summed E-state index contributed by atoms with van der Waals surface area (Å²) < 4.78 is 10.9. The van der Waals surface area contributed by atoms with Gasteiger partial charge in [-0.05, 0) is 44.7 Å². The molecule has 1 atom stereocenters. The summed E-state index contributed by atoms with van der Waals surface area (Å²) in [4.78, 5) is 0. The van der Waals surface area contributed by atoms with Gasteiger partial charge in [-0.15, -0.1) is 0 Å². The number of nitrogens with one attached hydrogen (secondary N) is 1. The van der Waals surface area contributed by atoms with Crippen LogP contribution in [0.4, 0.5) is 0 Å². The number of hydrogen-bond acceptors (Lipinski definition) is 3. The number of ether oxygens (including phenoxy) is 1. The highest BCUT2D eigenvalue weighted by molar-refractivity contribution is 5.21. The zero-order valence-corrected chi connectivity index (χ0v) is 10.9. The van der Waals surface area contributed by atoms with Gasteiger partial charge in [0.1, 0.15) is 5.76 Å². The second-order valence-electron chi connectivity index (χ2n) is 4.81. The molecule has 0 radical (unpaired) electrons. The number of hydrogen-bond donors (Lipinski definition) is 1. The van der Waals surface area contributed by atoms with E-state index in [1.807, 2.05) is 0 Å². The summed E-state index contributed by atoms with van der Waals surface area (Å²) in [7, 11) is 0. The van der Waals surface area contributed by atoms with E-state index in [1.165, 1.54) is 5.56 Å². The summed E-state index contributed by atoms with van der Waals surface area (Å²) in [5.74, 6) is 1.72. The van der Waals surface area contributed by atoms with Gasteiger partial charge in [0.25, 0.3) is 0 Å². The monoisotopic (exact) mass is 237 g/mol. The highest BCUT2D eigenvalue weighted by Crippen LogP contribution is 2.32. The van der Waals surface area contributed by atoms with E-state index in [0.29, 0.717) is 12.0 Å². The molecule has 1 unspecified atom stereocenters. The Bertz CT molecular complexity index is 329. The van der Waals surface area contributed by atoms with Gasteiger partial charge in [-0.2, -0.15) is 0 Å². The Labute approximate surface area is 104 Å². The third-order valence-corrected chi connectivity index (χ3v) is 3.59. The van der Waals surface area contributed by atoms with Gasteiger partial charge < -0.3 is 14.5 Å². The Morgan fingerprint density at radius 2 is 2.18 bits per heavy atom. The summed E-state index contributed by atoms with van der Waals surface area (Å²) in [5, 5.41) is 3.67. The van der Waals surface area contributed by atoms with Crippen LogP contribution in [0.15, 0.2) is 16.7 Å². The molecule has 0 aromatic carbocycles. The van der Waals surface area contributed by atoms with Crippen molar-refractivity contribution < 1.29 is 9.15 Å². The highest BCUT2D eigenvalue weighted by Gasteiger charge is 2.26. The molecule has 1 aromatic rings. The average Bonchev–Trinajstić information content (AvgIpc) is 2.78. The number of rotatable bonds is 5. The number of aryl methyl sites for hydroxylation is 1. The zero-order chi connectivity index (χ0) is 12.1. The lowest BCUT2D eigenvalue weighted by Crippen LogP contribution is -2.32. The molecular formula is C14H23NO2. The molecule has 1 saturated heterocycles. The molecule has 3 nitrogen and oxygen atoms in total. The minimum atomic E-state index is 0.428. The fraction of sp³-hybridized carbons (Fsp3) is 0.714. The Morgan fingerprint density at radius 1 is 1.41 bits per heavy atom. The third-order valence-electron chi connectivity index (χ3n) is 3.59. The first kappa shape index (κ1) is 12.7. The van der Waals surface area contributed by atoms with Gasteiger partial charge in [-0.3, -0.25) is 0 Å². The molecule has 1 aromatic heterocycles. The van der Waals surface area contributed by atoms with Crippen molar-refractivity contribution in [1.82, 2.24) is 5.32 Å². The first-order valence-electron chi connectivity index (χ1n) is 6.68. The van der Waals surface area contributed by atoms with Crippen LogP contribution in [0.5, 0.6) is 0 Å². The van der Waals surface area contributed by atoms with E-state index in [0.717, 1.165) is 44.8 Å². The third kappa shape index (κ3) is 3.11. The lowest BCUT2D eigenvalue weighted by molar-refractivity contribution is 0.0534. The second-order valence-corrected chi connectivity index (χ2v) is 4.81. The van der Waals surface area contributed by atoms with E-state index in [4.69, 9.17) is 9.15 Å². The maximum Gasteiger partial charge on any atom is 0.105 e. The van der Waals surface area contributed by atoms with Crippen LogP contribution in [0.1, 0.15) is 43.6 Å². The van der Waals surface area contributed by atoms with Crippen LogP contribution < -0.4 is 5.32 Å². The molecule has 1 aliphatic heterocycles. The second kappa shape index (κ2) is 6.22. The predicted molar refractivity (Wildman–Crippen MR) is 68.0 cm³/mol. The van der Waals surface area contributed by atoms with Crippen LogP contribution in [-0.4, -0.2) is 19.8 Å². The maximum atomic E-state index is 5.45. The van der Waals surface area contributed by atoms with Crippen molar-refractivity contribution >= 4 is 0 Å². The van der Waals surface area contributed by atoms with Crippen LogP contribution >= 0.6 is 0 Å². The molecule has 0 saturated carbocycles. The predicted octanol–water partition coefficient (Wildman–Crippen LogP) is 3.06. The van der Waals surface area contributed by atoms with Crippen LogP contribution in [0, 0.1) is 12.8 Å². The molecular weight excluding hydrogens is 214 g/mol. The molecule has 1 aliphatic rings. The molecule has 3 heteroatoms. The van der Waals surface area contributed by atoms with Crippen LogP contribution in [0.3, 0.4) is 0 Å². The zero-order valence-electron chi connectivity index (χ0n) is 10.9. The van der Waals surface area contributed by atoms with Gasteiger partial charge in [-0.25, -0.2) is 0 Å². The van der Waals surface area contributed by atoms with Crippen LogP contribution in [0.25, 0.3) is 0 Å². The fourth-order valence-electron chi connectivity index (χ4n) is 2.60. The van der Waals surface area contributed by atoms with Gasteiger partial charge in [0.15, 0.2) is 0 Å². The normalized spacial score (nSPS) is 19.4. The summed E-state index contributed by atoms with van der Waals surface area (Å²) in [6, 6.07) is 2.54. The molecule has 2 rings (SSSR count). The Balaban J connectivity index is 2.09. The van der Waals surface area contributed by atoms with E-state index >= 15 is 0 Å². The first-order chi connectivity index (χ1) is 8.33. The fourth-order valence-corrected chi connectivity index (χ4v) is 2.60. The standard InChI is InChI=1S/C14H23NO2/c1-3-7-15-14(12-4-8-16-9-5-12)13-6-10-17-11(13)2/h6,10,12,14-15H,3-5,7-9H2,1-2H3. The smallest absolute Gasteiger partial charge is 0.105 e. The van der Waals surface area contributed by atoms with Crippen LogP contribution in [0.2, 0.25) is 0 Å². The van der Waals surface area contributed by atoms with Crippen molar-refractivity contribution in [3.63, 3.8) is 0 Å². The van der Waals surface area contributed by atoms with Crippen molar-refractivity contribution in [2.24, 2.45) is 5.92 Å². The summed E-state index contributed by atoms with van der Waals surface area (Å²) in [6.07, 6.45) is 5.25. The van der Waals surface area contributed by atoms with Gasteiger partial charge in [-0.1, -0.05) is 6.92 Å². The van der Waals surface area contributed by atoms with E-state index in [1.54, 1.807) is 6.26 Å². The Kier molecular flexibility index (Phi) is 4.63. The van der Waals surface area contributed by atoms with Crippen molar-refractivity contribution in [3.05, 3.63) is 23.7 Å². The van der Waals surface area contributed by atoms with Gasteiger partial charge in [0.2, 0.25) is 0 Å². The molecule has 17 heavy (non-hydrogen) atoms. The van der Waals surface area contributed by atoms with Gasteiger partial charge in [0, 0.05) is 24.8 Å². The van der Waals surface area contributed by atoms with Crippen LogP contribution in [-0.2, 0) is 4.74 Å². The molecule has 0 amide bonds. The van der Waals surface area contributed by atoms with Crippen molar-refractivity contribution in [2.75, 3.05) is 19.8 Å². The largest absolute Gasteiger partial charge is 0.469 e. The lowest BCUT2D eigenvalue weighted by Gasteiger charge is -2.31. The first-order valence-corrected chi connectivity index (χ1v) is 6.68. The Hall–Kier alpha value is -0.800. The molecule has 1 fully saturated rings. The van der Waals surface area contributed by atoms with Gasteiger partial charge in [0.05, 0.1) is 6.26 Å². The van der Waals surface area contributed by atoms with Crippen molar-refractivity contribution in [2.45, 2.75) is 39.2 Å².